The summed E-state index contributed by atoms with van der Waals surface area (Å²) in [7, 11) is 0. The third-order valence-corrected chi connectivity index (χ3v) is 6.00. The van der Waals surface area contributed by atoms with Crippen LogP contribution in [-0.2, 0) is 4.79 Å². The van der Waals surface area contributed by atoms with Gasteiger partial charge in [0.15, 0.2) is 11.7 Å². The Labute approximate surface area is 163 Å². The molecule has 1 atom stereocenters. The van der Waals surface area contributed by atoms with Crippen LogP contribution in [0.1, 0.15) is 39.0 Å². The third-order valence-electron chi connectivity index (χ3n) is 6.00. The van der Waals surface area contributed by atoms with E-state index in [1.54, 1.807) is 0 Å². The van der Waals surface area contributed by atoms with Crippen LogP contribution >= 0.6 is 0 Å². The van der Waals surface area contributed by atoms with E-state index in [4.69, 9.17) is 4.74 Å². The molecule has 3 rings (SSSR count). The Hall–Kier alpha value is -1.97. The van der Waals surface area contributed by atoms with Gasteiger partial charge in [-0.25, -0.2) is 0 Å². The molecular formula is C19H21F6NO3. The normalized spacial score (nSPS) is 29.4. The zero-order chi connectivity index (χ0) is 21.7. The number of benzene rings is 1. The number of carbonyl (C=O) groups excluding carboxylic acids is 1. The van der Waals surface area contributed by atoms with Crippen LogP contribution in [0.4, 0.5) is 32.0 Å². The summed E-state index contributed by atoms with van der Waals surface area (Å²) >= 11 is 0. The summed E-state index contributed by atoms with van der Waals surface area (Å²) in [6.07, 6.45) is -12.1. The van der Waals surface area contributed by atoms with Crippen LogP contribution in [-0.4, -0.2) is 41.6 Å². The van der Waals surface area contributed by atoms with Gasteiger partial charge >= 0.3 is 12.4 Å². The fourth-order valence-electron chi connectivity index (χ4n) is 3.93. The van der Waals surface area contributed by atoms with Crippen LogP contribution in [0.5, 0.6) is 5.75 Å². The second-order valence-electron chi connectivity index (χ2n) is 7.81. The predicted molar refractivity (Wildman–Crippen MR) is 91.5 cm³/mol. The first-order valence-electron chi connectivity index (χ1n) is 9.22. The lowest BCUT2D eigenvalue weighted by atomic mass is 9.67. The lowest BCUT2D eigenvalue weighted by Gasteiger charge is -2.41. The Bertz CT molecular complexity index is 751. The molecule has 2 aliphatic rings. The summed E-state index contributed by atoms with van der Waals surface area (Å²) in [6.45, 7) is 1.18. The molecule has 1 aromatic carbocycles. The highest BCUT2D eigenvalue weighted by Gasteiger charge is 2.60. The molecule has 1 N–H and O–H groups in total. The molecule has 1 aliphatic heterocycles. The first-order chi connectivity index (χ1) is 13.3. The quantitative estimate of drug-likeness (QED) is 0.720. The van der Waals surface area contributed by atoms with Gasteiger partial charge in [-0.05, 0) is 63.3 Å². The SMILES string of the molecule is CC(Oc1ccc(N2CCC3(CCC(O)(C(F)(F)F)CC3)C2=O)cc1)C(F)(F)F. The summed E-state index contributed by atoms with van der Waals surface area (Å²) in [5, 5.41) is 9.84. The van der Waals surface area contributed by atoms with E-state index < -0.39 is 42.3 Å². The molecule has 0 bridgehead atoms. The lowest BCUT2D eigenvalue weighted by molar-refractivity contribution is -0.274. The van der Waals surface area contributed by atoms with Crippen molar-refractivity contribution >= 4 is 11.6 Å². The minimum absolute atomic E-state index is 0.00663. The van der Waals surface area contributed by atoms with Crippen LogP contribution in [0.2, 0.25) is 0 Å². The monoisotopic (exact) mass is 425 g/mol. The molecule has 2 fully saturated rings. The summed E-state index contributed by atoms with van der Waals surface area (Å²) in [6, 6.07) is 5.53. The van der Waals surface area contributed by atoms with Crippen molar-refractivity contribution in [1.29, 1.82) is 0 Å². The van der Waals surface area contributed by atoms with E-state index in [-0.39, 0.29) is 24.5 Å². The van der Waals surface area contributed by atoms with Gasteiger partial charge in [0, 0.05) is 12.2 Å². The molecular weight excluding hydrogens is 404 g/mol. The Morgan fingerprint density at radius 1 is 1.00 bits per heavy atom. The van der Waals surface area contributed by atoms with Crippen molar-refractivity contribution in [2.24, 2.45) is 5.41 Å². The average Bonchev–Trinajstić information content (AvgIpc) is 2.93. The lowest BCUT2D eigenvalue weighted by Crippen LogP contribution is -2.51. The second-order valence-corrected chi connectivity index (χ2v) is 7.81. The molecule has 4 nitrogen and oxygen atoms in total. The van der Waals surface area contributed by atoms with Gasteiger partial charge in [-0.2, -0.15) is 26.3 Å². The fraction of sp³-hybridized carbons (Fsp3) is 0.632. The van der Waals surface area contributed by atoms with Crippen molar-refractivity contribution in [2.75, 3.05) is 11.4 Å². The van der Waals surface area contributed by atoms with Crippen molar-refractivity contribution in [2.45, 2.75) is 63.1 Å². The molecule has 0 radical (unpaired) electrons. The number of alkyl halides is 6. The van der Waals surface area contributed by atoms with Crippen molar-refractivity contribution in [3.63, 3.8) is 0 Å². The number of nitrogens with zero attached hydrogens (tertiary/aromatic N) is 1. The number of ether oxygens (including phenoxy) is 1. The Morgan fingerprint density at radius 3 is 2.03 bits per heavy atom. The maximum Gasteiger partial charge on any atom is 0.425 e. The number of hydrogen-bond acceptors (Lipinski definition) is 3. The van der Waals surface area contributed by atoms with Gasteiger partial charge in [-0.15, -0.1) is 0 Å². The van der Waals surface area contributed by atoms with Crippen LogP contribution in [0.15, 0.2) is 24.3 Å². The van der Waals surface area contributed by atoms with Gasteiger partial charge in [0.1, 0.15) is 5.75 Å². The molecule has 29 heavy (non-hydrogen) atoms. The standard InChI is InChI=1S/C19H21F6NO3/c1-12(18(20,21)22)29-14-4-2-13(3-5-14)26-11-10-16(15(26)27)6-8-17(28,9-7-16)19(23,24)25/h2-5,12,28H,6-11H2,1H3. The summed E-state index contributed by atoms with van der Waals surface area (Å²) in [4.78, 5) is 14.3. The van der Waals surface area contributed by atoms with E-state index in [1.807, 2.05) is 0 Å². The van der Waals surface area contributed by atoms with Gasteiger partial charge < -0.3 is 14.7 Å². The van der Waals surface area contributed by atoms with E-state index in [2.05, 4.69) is 0 Å². The Morgan fingerprint density at radius 2 is 1.55 bits per heavy atom. The van der Waals surface area contributed by atoms with Gasteiger partial charge in [0.05, 0.1) is 5.41 Å². The average molecular weight is 425 g/mol. The van der Waals surface area contributed by atoms with Crippen LogP contribution < -0.4 is 9.64 Å². The van der Waals surface area contributed by atoms with E-state index in [0.717, 1.165) is 6.92 Å². The maximum atomic E-state index is 13.0. The van der Waals surface area contributed by atoms with E-state index in [9.17, 15) is 36.2 Å². The highest BCUT2D eigenvalue weighted by molar-refractivity contribution is 6.00. The minimum atomic E-state index is -4.74. The molecule has 1 spiro atoms. The Kier molecular flexibility index (Phi) is 5.30. The van der Waals surface area contributed by atoms with E-state index in [1.165, 1.54) is 29.2 Å². The van der Waals surface area contributed by atoms with Crippen molar-refractivity contribution < 1.29 is 41.0 Å². The number of amides is 1. The van der Waals surface area contributed by atoms with Crippen molar-refractivity contribution in [3.05, 3.63) is 24.3 Å². The molecule has 1 amide bonds. The van der Waals surface area contributed by atoms with Gasteiger partial charge in [-0.3, -0.25) is 4.79 Å². The van der Waals surface area contributed by atoms with E-state index >= 15 is 0 Å². The van der Waals surface area contributed by atoms with Crippen LogP contribution in [0, 0.1) is 5.41 Å². The van der Waals surface area contributed by atoms with Crippen molar-refractivity contribution in [1.82, 2.24) is 0 Å². The Balaban J connectivity index is 1.68. The molecule has 1 saturated carbocycles. The molecule has 1 unspecified atom stereocenters. The minimum Gasteiger partial charge on any atom is -0.481 e. The zero-order valence-electron chi connectivity index (χ0n) is 15.6. The first-order valence-corrected chi connectivity index (χ1v) is 9.22. The highest BCUT2D eigenvalue weighted by Crippen LogP contribution is 2.52. The molecule has 1 saturated heterocycles. The maximum absolute atomic E-state index is 13.0. The molecule has 1 aromatic rings. The van der Waals surface area contributed by atoms with E-state index in [0.29, 0.717) is 18.7 Å². The van der Waals surface area contributed by atoms with Gasteiger partial charge in [0.2, 0.25) is 5.91 Å². The molecule has 1 aliphatic carbocycles. The first kappa shape index (κ1) is 21.7. The number of hydrogen-bond donors (Lipinski definition) is 1. The topological polar surface area (TPSA) is 49.8 Å². The van der Waals surface area contributed by atoms with Crippen LogP contribution in [0.25, 0.3) is 0 Å². The smallest absolute Gasteiger partial charge is 0.425 e. The third kappa shape index (κ3) is 4.04. The molecule has 162 valence electrons. The van der Waals surface area contributed by atoms with Gasteiger partial charge in [0.25, 0.3) is 0 Å². The second kappa shape index (κ2) is 7.07. The van der Waals surface area contributed by atoms with Crippen molar-refractivity contribution in [3.8, 4) is 5.75 Å². The van der Waals surface area contributed by atoms with Crippen LogP contribution in [0.3, 0.4) is 0 Å². The predicted octanol–water partition coefficient (Wildman–Crippen LogP) is 4.61. The summed E-state index contributed by atoms with van der Waals surface area (Å²) < 4.78 is 81.6. The fourth-order valence-corrected chi connectivity index (χ4v) is 3.93. The summed E-state index contributed by atoms with van der Waals surface area (Å²) in [5.74, 6) is -0.327. The highest BCUT2D eigenvalue weighted by atomic mass is 19.4. The number of anilines is 1. The molecule has 0 aromatic heterocycles. The number of halogens is 6. The molecule has 10 heteroatoms. The number of aliphatic hydroxyl groups is 1. The largest absolute Gasteiger partial charge is 0.481 e. The van der Waals surface area contributed by atoms with Gasteiger partial charge in [-0.1, -0.05) is 0 Å². The summed E-state index contributed by atoms with van der Waals surface area (Å²) in [5.41, 5.74) is -3.27. The molecule has 1 heterocycles. The number of carbonyl (C=O) groups is 1. The zero-order valence-corrected chi connectivity index (χ0v) is 15.6. The number of rotatable bonds is 3.